The molecule has 0 spiro atoms. The first kappa shape index (κ1) is 19.1. The molecule has 0 radical (unpaired) electrons. The Hall–Kier alpha value is -1.18. The molecule has 24 heavy (non-hydrogen) atoms. The second kappa shape index (κ2) is 8.27. The van der Waals surface area contributed by atoms with Crippen LogP contribution in [0.1, 0.15) is 12.0 Å². The van der Waals surface area contributed by atoms with Crippen LogP contribution in [-0.4, -0.2) is 82.6 Å². The van der Waals surface area contributed by atoms with E-state index >= 15 is 0 Å². The highest BCUT2D eigenvalue weighted by molar-refractivity contribution is 6.30. The summed E-state index contributed by atoms with van der Waals surface area (Å²) in [5.74, 6) is -0.0903. The molecular formula is C17H25ClN2O4. The molecule has 1 saturated heterocycles. The van der Waals surface area contributed by atoms with E-state index in [9.17, 15) is 15.0 Å². The van der Waals surface area contributed by atoms with E-state index in [1.54, 1.807) is 41.1 Å². The number of amides is 1. The Balaban J connectivity index is 2.00. The van der Waals surface area contributed by atoms with Gasteiger partial charge in [-0.25, -0.2) is 0 Å². The Bertz CT molecular complexity index is 554. The van der Waals surface area contributed by atoms with Crippen molar-refractivity contribution in [3.05, 3.63) is 34.9 Å². The van der Waals surface area contributed by atoms with Gasteiger partial charge >= 0.3 is 0 Å². The summed E-state index contributed by atoms with van der Waals surface area (Å²) in [4.78, 5) is 15.8. The molecule has 1 aliphatic heterocycles. The Kier molecular flexibility index (Phi) is 6.60. The Labute approximate surface area is 147 Å². The first-order valence-electron chi connectivity index (χ1n) is 8.06. The van der Waals surface area contributed by atoms with Crippen molar-refractivity contribution in [1.29, 1.82) is 0 Å². The maximum atomic E-state index is 12.5. The van der Waals surface area contributed by atoms with Gasteiger partial charge in [0.25, 0.3) is 0 Å². The van der Waals surface area contributed by atoms with Crippen LogP contribution in [0.25, 0.3) is 0 Å². The molecule has 0 bridgehead atoms. The van der Waals surface area contributed by atoms with Crippen LogP contribution in [-0.2, 0) is 11.2 Å². The highest BCUT2D eigenvalue weighted by atomic mass is 35.5. The lowest BCUT2D eigenvalue weighted by molar-refractivity contribution is -0.155. The molecular weight excluding hydrogens is 332 g/mol. The number of likely N-dealkylation sites (N-methyl/N-ethyl adjacent to an activating group) is 1. The fraction of sp³-hybridized carbons (Fsp3) is 0.588. The molecule has 6 nitrogen and oxygen atoms in total. The first-order valence-corrected chi connectivity index (χ1v) is 8.44. The lowest BCUT2D eigenvalue weighted by Gasteiger charge is -2.44. The number of carbonyl (C=O) groups excluding carboxylic acids is 1. The summed E-state index contributed by atoms with van der Waals surface area (Å²) in [5.41, 5.74) is -0.533. The standard InChI is InChI=1S/C17H25ClN2O4/c1-19(8-9-21)11-17(24)12-20(7-6-15(17)22)16(23)10-13-2-4-14(18)5-3-13/h2-5,15,21-22,24H,6-12H2,1H3/t15-,17+/m1/s1. The quantitative estimate of drug-likeness (QED) is 0.675. The van der Waals surface area contributed by atoms with E-state index in [4.69, 9.17) is 16.7 Å². The van der Waals surface area contributed by atoms with Gasteiger partial charge in [0.05, 0.1) is 25.7 Å². The maximum Gasteiger partial charge on any atom is 0.227 e. The summed E-state index contributed by atoms with van der Waals surface area (Å²) >= 11 is 5.85. The summed E-state index contributed by atoms with van der Waals surface area (Å²) in [6.45, 7) is 1.06. The van der Waals surface area contributed by atoms with Gasteiger partial charge in [-0.3, -0.25) is 4.79 Å². The van der Waals surface area contributed by atoms with Gasteiger partial charge in [-0.15, -0.1) is 0 Å². The Morgan fingerprint density at radius 1 is 1.42 bits per heavy atom. The molecule has 0 unspecified atom stereocenters. The van der Waals surface area contributed by atoms with Crippen LogP contribution < -0.4 is 0 Å². The molecule has 1 aromatic carbocycles. The molecule has 1 amide bonds. The minimum absolute atomic E-state index is 0.0259. The number of benzene rings is 1. The SMILES string of the molecule is CN(CCO)C[C@]1(O)CN(C(=O)Cc2ccc(Cl)cc2)CC[C@H]1O. The molecule has 134 valence electrons. The Morgan fingerprint density at radius 2 is 2.08 bits per heavy atom. The molecule has 0 saturated carbocycles. The number of aliphatic hydroxyl groups excluding tert-OH is 2. The number of rotatable bonds is 6. The largest absolute Gasteiger partial charge is 0.395 e. The zero-order chi connectivity index (χ0) is 17.7. The van der Waals surface area contributed by atoms with Crippen molar-refractivity contribution in [3.8, 4) is 0 Å². The third-order valence-corrected chi connectivity index (χ3v) is 4.66. The second-order valence-electron chi connectivity index (χ2n) is 6.49. The lowest BCUT2D eigenvalue weighted by Crippen LogP contribution is -2.62. The van der Waals surface area contributed by atoms with E-state index in [2.05, 4.69) is 0 Å². The first-order chi connectivity index (χ1) is 11.3. The van der Waals surface area contributed by atoms with Crippen LogP contribution in [0.2, 0.25) is 5.02 Å². The number of aliphatic hydroxyl groups is 3. The average Bonchev–Trinajstić information content (AvgIpc) is 2.52. The normalized spacial score (nSPS) is 24.4. The number of nitrogens with zero attached hydrogens (tertiary/aromatic N) is 2. The van der Waals surface area contributed by atoms with Gasteiger partial charge in [0.15, 0.2) is 0 Å². The van der Waals surface area contributed by atoms with Gasteiger partial charge in [-0.2, -0.15) is 0 Å². The summed E-state index contributed by atoms with van der Waals surface area (Å²) in [7, 11) is 1.76. The average molecular weight is 357 g/mol. The smallest absolute Gasteiger partial charge is 0.227 e. The lowest BCUT2D eigenvalue weighted by atomic mass is 9.88. The predicted molar refractivity (Wildman–Crippen MR) is 91.9 cm³/mol. The van der Waals surface area contributed by atoms with E-state index in [1.165, 1.54) is 0 Å². The van der Waals surface area contributed by atoms with Crippen LogP contribution in [0.15, 0.2) is 24.3 Å². The van der Waals surface area contributed by atoms with E-state index in [0.717, 1.165) is 5.56 Å². The third kappa shape index (κ3) is 4.91. The minimum Gasteiger partial charge on any atom is -0.395 e. The molecule has 2 atom stereocenters. The molecule has 1 fully saturated rings. The zero-order valence-electron chi connectivity index (χ0n) is 13.9. The predicted octanol–water partition coefficient (Wildman–Crippen LogP) is 0.131. The monoisotopic (exact) mass is 356 g/mol. The van der Waals surface area contributed by atoms with E-state index in [-0.39, 0.29) is 32.0 Å². The molecule has 1 heterocycles. The van der Waals surface area contributed by atoms with Crippen LogP contribution in [0, 0.1) is 0 Å². The summed E-state index contributed by atoms with van der Waals surface area (Å²) in [6.07, 6.45) is -0.329. The van der Waals surface area contributed by atoms with Crippen molar-refractivity contribution in [1.82, 2.24) is 9.80 Å². The van der Waals surface area contributed by atoms with Crippen LogP contribution >= 0.6 is 11.6 Å². The molecule has 7 heteroatoms. The van der Waals surface area contributed by atoms with Crippen LogP contribution in [0.5, 0.6) is 0 Å². The molecule has 0 aliphatic carbocycles. The highest BCUT2D eigenvalue weighted by Gasteiger charge is 2.43. The highest BCUT2D eigenvalue weighted by Crippen LogP contribution is 2.23. The molecule has 1 aromatic rings. The summed E-state index contributed by atoms with van der Waals surface area (Å²) in [5, 5.41) is 30.5. The topological polar surface area (TPSA) is 84.2 Å². The summed E-state index contributed by atoms with van der Waals surface area (Å²) in [6, 6.07) is 7.09. The van der Waals surface area contributed by atoms with Crippen LogP contribution in [0.4, 0.5) is 0 Å². The van der Waals surface area contributed by atoms with Crippen LogP contribution in [0.3, 0.4) is 0 Å². The second-order valence-corrected chi connectivity index (χ2v) is 6.92. The fourth-order valence-corrected chi connectivity index (χ4v) is 3.16. The van der Waals surface area contributed by atoms with E-state index < -0.39 is 11.7 Å². The number of β-amino-alcohol motifs (C(OH)–C–C–N with tert-alkyl or cyclic N) is 1. The molecule has 0 aromatic heterocycles. The van der Waals surface area contributed by atoms with Gasteiger partial charge in [0.2, 0.25) is 5.91 Å². The van der Waals surface area contributed by atoms with Crippen molar-refractivity contribution in [2.75, 3.05) is 39.8 Å². The molecule has 3 N–H and O–H groups in total. The number of piperidine rings is 1. The van der Waals surface area contributed by atoms with Crippen molar-refractivity contribution in [3.63, 3.8) is 0 Å². The van der Waals surface area contributed by atoms with Crippen molar-refractivity contribution in [2.24, 2.45) is 0 Å². The third-order valence-electron chi connectivity index (χ3n) is 4.40. The minimum atomic E-state index is -1.39. The number of carbonyl (C=O) groups is 1. The number of likely N-dealkylation sites (tertiary alicyclic amines) is 1. The Morgan fingerprint density at radius 3 is 2.71 bits per heavy atom. The van der Waals surface area contributed by atoms with Gasteiger partial charge in [-0.05, 0) is 31.2 Å². The molecule has 1 aliphatic rings. The number of halogens is 1. The van der Waals surface area contributed by atoms with Crippen molar-refractivity contribution < 1.29 is 20.1 Å². The van der Waals surface area contributed by atoms with Gasteiger partial charge in [0, 0.05) is 24.7 Å². The van der Waals surface area contributed by atoms with Crippen molar-refractivity contribution in [2.45, 2.75) is 24.5 Å². The van der Waals surface area contributed by atoms with Gasteiger partial charge in [0.1, 0.15) is 5.60 Å². The fourth-order valence-electron chi connectivity index (χ4n) is 3.04. The summed E-state index contributed by atoms with van der Waals surface area (Å²) < 4.78 is 0. The van der Waals surface area contributed by atoms with E-state index in [0.29, 0.717) is 24.5 Å². The van der Waals surface area contributed by atoms with Crippen molar-refractivity contribution >= 4 is 17.5 Å². The van der Waals surface area contributed by atoms with E-state index in [1.807, 2.05) is 0 Å². The zero-order valence-corrected chi connectivity index (χ0v) is 14.6. The number of hydrogen-bond donors (Lipinski definition) is 3. The maximum absolute atomic E-state index is 12.5. The van der Waals surface area contributed by atoms with Gasteiger partial charge in [-0.1, -0.05) is 23.7 Å². The number of hydrogen-bond acceptors (Lipinski definition) is 5. The molecule has 2 rings (SSSR count). The van der Waals surface area contributed by atoms with Gasteiger partial charge < -0.3 is 25.1 Å².